The summed E-state index contributed by atoms with van der Waals surface area (Å²) in [6, 6.07) is 7.68. The molecule has 0 saturated carbocycles. The van der Waals surface area contributed by atoms with Crippen LogP contribution < -0.4 is 0 Å². The van der Waals surface area contributed by atoms with Crippen LogP contribution in [0.4, 0.5) is 26.3 Å². The lowest BCUT2D eigenvalue weighted by Crippen LogP contribution is -2.05. The molecule has 1 aromatic heterocycles. The first-order valence-electron chi connectivity index (χ1n) is 6.44. The predicted molar refractivity (Wildman–Crippen MR) is 74.2 cm³/mol. The van der Waals surface area contributed by atoms with Crippen LogP contribution in [0.5, 0.6) is 0 Å². The van der Waals surface area contributed by atoms with Crippen molar-refractivity contribution < 1.29 is 26.3 Å². The second-order valence-electron chi connectivity index (χ2n) is 4.72. The number of nitriles is 1. The number of hydrogen-bond donors (Lipinski definition) is 0. The third-order valence-electron chi connectivity index (χ3n) is 3.01. The van der Waals surface area contributed by atoms with E-state index in [0.29, 0.717) is 6.20 Å². The number of rotatable bonds is 2. The third-order valence-corrected chi connectivity index (χ3v) is 3.01. The van der Waals surface area contributed by atoms with Crippen molar-refractivity contribution in [2.24, 2.45) is 0 Å². The summed E-state index contributed by atoms with van der Waals surface area (Å²) >= 11 is 0. The van der Waals surface area contributed by atoms with Crippen LogP contribution in [0.2, 0.25) is 0 Å². The van der Waals surface area contributed by atoms with Crippen molar-refractivity contribution in [2.75, 3.05) is 0 Å². The number of halogens is 6. The van der Waals surface area contributed by atoms with Gasteiger partial charge in [-0.1, -0.05) is 12.1 Å². The molecule has 1 heterocycles. The molecule has 2 nitrogen and oxygen atoms in total. The van der Waals surface area contributed by atoms with Gasteiger partial charge in [-0.2, -0.15) is 31.6 Å². The Bertz CT molecular complexity index is 795. The summed E-state index contributed by atoms with van der Waals surface area (Å²) in [6.45, 7) is 0. The Morgan fingerprint density at radius 3 is 2.12 bits per heavy atom. The molecule has 2 rings (SSSR count). The Morgan fingerprint density at radius 1 is 0.958 bits per heavy atom. The highest BCUT2D eigenvalue weighted by atomic mass is 19.4. The number of hydrogen-bond acceptors (Lipinski definition) is 2. The molecule has 0 radical (unpaired) electrons. The number of pyridine rings is 1. The van der Waals surface area contributed by atoms with E-state index < -0.39 is 23.5 Å². The van der Waals surface area contributed by atoms with Gasteiger partial charge >= 0.3 is 12.4 Å². The average molecular weight is 342 g/mol. The summed E-state index contributed by atoms with van der Waals surface area (Å²) in [7, 11) is 0. The summed E-state index contributed by atoms with van der Waals surface area (Å²) in [5.74, 6) is 0. The van der Waals surface area contributed by atoms with Gasteiger partial charge in [0.05, 0.1) is 22.4 Å². The van der Waals surface area contributed by atoms with Gasteiger partial charge < -0.3 is 0 Å². The van der Waals surface area contributed by atoms with Gasteiger partial charge in [-0.05, 0) is 35.9 Å². The topological polar surface area (TPSA) is 36.7 Å². The molecule has 2 aromatic rings. The molecule has 0 saturated heterocycles. The van der Waals surface area contributed by atoms with E-state index in [0.717, 1.165) is 30.3 Å². The van der Waals surface area contributed by atoms with Gasteiger partial charge in [0.1, 0.15) is 6.07 Å². The Hall–Kier alpha value is -2.82. The summed E-state index contributed by atoms with van der Waals surface area (Å²) in [4.78, 5) is 3.55. The lowest BCUT2D eigenvalue weighted by molar-refractivity contribution is -0.138. The van der Waals surface area contributed by atoms with Gasteiger partial charge in [-0.15, -0.1) is 0 Å². The predicted octanol–water partition coefficient (Wildman–Crippen LogP) is 5.18. The minimum Gasteiger partial charge on any atom is -0.255 e. The Kier molecular flexibility index (Phi) is 4.64. The summed E-state index contributed by atoms with van der Waals surface area (Å²) in [5, 5.41) is 9.10. The highest BCUT2D eigenvalue weighted by Crippen LogP contribution is 2.31. The molecule has 0 bridgehead atoms. The van der Waals surface area contributed by atoms with Gasteiger partial charge in [0.15, 0.2) is 0 Å². The van der Waals surface area contributed by atoms with Gasteiger partial charge in [-0.25, -0.2) is 0 Å². The van der Waals surface area contributed by atoms with Gasteiger partial charge in [-0.3, -0.25) is 4.98 Å². The smallest absolute Gasteiger partial charge is 0.255 e. The van der Waals surface area contributed by atoms with E-state index in [2.05, 4.69) is 4.98 Å². The maximum Gasteiger partial charge on any atom is 0.417 e. The monoisotopic (exact) mass is 342 g/mol. The minimum atomic E-state index is -4.57. The number of alkyl halides is 6. The van der Waals surface area contributed by atoms with Crippen molar-refractivity contribution in [1.82, 2.24) is 4.98 Å². The lowest BCUT2D eigenvalue weighted by Gasteiger charge is -2.08. The van der Waals surface area contributed by atoms with Crippen molar-refractivity contribution in [3.05, 3.63) is 65.0 Å². The highest BCUT2D eigenvalue weighted by molar-refractivity contribution is 5.88. The lowest BCUT2D eigenvalue weighted by atomic mass is 10.1. The number of allylic oxidation sites excluding steroid dienone is 1. The quantitative estimate of drug-likeness (QED) is 0.557. The summed E-state index contributed by atoms with van der Waals surface area (Å²) in [6.07, 6.45) is -7.41. The van der Waals surface area contributed by atoms with Crippen molar-refractivity contribution in [1.29, 1.82) is 5.26 Å². The number of benzene rings is 1. The van der Waals surface area contributed by atoms with E-state index in [1.807, 2.05) is 0 Å². The zero-order valence-electron chi connectivity index (χ0n) is 11.8. The van der Waals surface area contributed by atoms with E-state index >= 15 is 0 Å². The van der Waals surface area contributed by atoms with Crippen LogP contribution in [0.1, 0.15) is 22.4 Å². The summed E-state index contributed by atoms with van der Waals surface area (Å²) < 4.78 is 75.4. The van der Waals surface area contributed by atoms with Gasteiger partial charge in [0.25, 0.3) is 0 Å². The van der Waals surface area contributed by atoms with E-state index in [-0.39, 0.29) is 16.8 Å². The molecule has 0 spiro atoms. The second kappa shape index (κ2) is 6.35. The normalized spacial score (nSPS) is 12.8. The third kappa shape index (κ3) is 4.13. The van der Waals surface area contributed by atoms with Gasteiger partial charge in [0, 0.05) is 6.20 Å². The van der Waals surface area contributed by atoms with E-state index in [4.69, 9.17) is 5.26 Å². The van der Waals surface area contributed by atoms with Crippen molar-refractivity contribution in [2.45, 2.75) is 12.4 Å². The Morgan fingerprint density at radius 2 is 1.62 bits per heavy atom. The molecule has 24 heavy (non-hydrogen) atoms. The van der Waals surface area contributed by atoms with Crippen molar-refractivity contribution in [3.63, 3.8) is 0 Å². The highest BCUT2D eigenvalue weighted by Gasteiger charge is 2.31. The molecule has 124 valence electrons. The molecular weight excluding hydrogens is 334 g/mol. The molecule has 0 amide bonds. The molecule has 0 unspecified atom stereocenters. The zero-order valence-corrected chi connectivity index (χ0v) is 11.8. The van der Waals surface area contributed by atoms with Crippen LogP contribution in [-0.4, -0.2) is 4.98 Å². The Labute approximate surface area is 132 Å². The largest absolute Gasteiger partial charge is 0.417 e. The van der Waals surface area contributed by atoms with E-state index in [1.165, 1.54) is 12.1 Å². The Balaban J connectivity index is 2.39. The second-order valence-corrected chi connectivity index (χ2v) is 4.72. The maximum absolute atomic E-state index is 12.7. The van der Waals surface area contributed by atoms with Crippen LogP contribution in [0.25, 0.3) is 11.6 Å². The molecule has 0 aliphatic rings. The molecule has 0 fully saturated rings. The maximum atomic E-state index is 12.7. The fraction of sp³-hybridized carbons (Fsp3) is 0.125. The van der Waals surface area contributed by atoms with Crippen LogP contribution in [0.15, 0.2) is 42.6 Å². The van der Waals surface area contributed by atoms with Crippen LogP contribution in [0.3, 0.4) is 0 Å². The van der Waals surface area contributed by atoms with Crippen molar-refractivity contribution in [3.8, 4) is 6.07 Å². The minimum absolute atomic E-state index is 0.0667. The fourth-order valence-electron chi connectivity index (χ4n) is 1.86. The number of aromatic nitrogens is 1. The molecule has 0 atom stereocenters. The van der Waals surface area contributed by atoms with Gasteiger partial charge in [0.2, 0.25) is 0 Å². The first-order valence-corrected chi connectivity index (χ1v) is 6.44. The van der Waals surface area contributed by atoms with Crippen LogP contribution in [0, 0.1) is 11.3 Å². The molecule has 0 N–H and O–H groups in total. The number of nitrogens with zero attached hydrogens (tertiary/aromatic N) is 2. The standard InChI is InChI=1S/C16H8F6N2/c17-15(18,19)12-3-1-2-10(7-12)6-11(8-23)14-5-4-13(9-24-14)16(20,21)22/h1-7,9H/b11-6+. The molecule has 8 heteroatoms. The SMILES string of the molecule is N#C/C(=C\c1cccc(C(F)(F)F)c1)c1ccc(C(F)(F)F)cn1. The van der Waals surface area contributed by atoms with Crippen LogP contribution >= 0.6 is 0 Å². The first-order chi connectivity index (χ1) is 11.1. The average Bonchev–Trinajstić information content (AvgIpc) is 2.51. The molecular formula is C16H8F6N2. The van der Waals surface area contributed by atoms with E-state index in [9.17, 15) is 26.3 Å². The van der Waals surface area contributed by atoms with Crippen molar-refractivity contribution >= 4 is 11.6 Å². The molecule has 0 aliphatic heterocycles. The van der Waals surface area contributed by atoms with E-state index in [1.54, 1.807) is 6.07 Å². The zero-order chi connectivity index (χ0) is 18.0. The first kappa shape index (κ1) is 17.5. The molecule has 1 aromatic carbocycles. The fourth-order valence-corrected chi connectivity index (χ4v) is 1.86. The summed E-state index contributed by atoms with van der Waals surface area (Å²) in [5.41, 5.74) is -2.01. The van der Waals surface area contributed by atoms with Crippen LogP contribution in [-0.2, 0) is 12.4 Å². The molecule has 0 aliphatic carbocycles.